The van der Waals surface area contributed by atoms with E-state index in [2.05, 4.69) is 25.0 Å². The van der Waals surface area contributed by atoms with Gasteiger partial charge in [0.05, 0.1) is 73.2 Å². The quantitative estimate of drug-likeness (QED) is 0.433. The van der Waals surface area contributed by atoms with Crippen LogP contribution >= 0.6 is 11.3 Å². The Balaban J connectivity index is 1.26. The normalized spacial score (nSPS) is 25.0. The standard InChI is InChI=1S/C27H23F2N5O7S/c1-37-18-3-2-16-22(42-25(32-16)34-13-6-14(34)10-39-9-13)21(18)24(36)31-17-8-20-19(40-27(28,29)41-20)7-15(17)23(35)33-26(11-30)4-5-38-12-26/h2-3,7-8,13-14H,4-6,9-10,12H2,1H3,(H,31,36)(H,33,35). The van der Waals surface area contributed by atoms with Gasteiger partial charge in [0.25, 0.3) is 11.8 Å². The van der Waals surface area contributed by atoms with Crippen LogP contribution in [0.2, 0.25) is 0 Å². The number of fused-ring (bicyclic) bond motifs is 4. The van der Waals surface area contributed by atoms with E-state index in [1.165, 1.54) is 18.4 Å². The van der Waals surface area contributed by atoms with Crippen LogP contribution in [0.4, 0.5) is 19.6 Å². The molecule has 0 saturated carbocycles. The minimum atomic E-state index is -3.96. The van der Waals surface area contributed by atoms with Crippen LogP contribution < -0.4 is 29.7 Å². The Labute approximate surface area is 241 Å². The lowest BCUT2D eigenvalue weighted by molar-refractivity contribution is -0.286. The number of methoxy groups -OCH3 is 1. The molecular weight excluding hydrogens is 576 g/mol. The first kappa shape index (κ1) is 26.6. The third kappa shape index (κ3) is 4.34. The summed E-state index contributed by atoms with van der Waals surface area (Å²) in [6.07, 6.45) is -2.71. The number of anilines is 2. The van der Waals surface area contributed by atoms with Crippen molar-refractivity contribution in [2.75, 3.05) is 43.8 Å². The van der Waals surface area contributed by atoms with Crippen molar-refractivity contribution in [1.29, 1.82) is 5.26 Å². The first-order chi connectivity index (χ1) is 20.2. The number of ether oxygens (including phenoxy) is 5. The molecule has 0 spiro atoms. The third-order valence-corrected chi connectivity index (χ3v) is 8.85. The monoisotopic (exact) mass is 599 g/mol. The Hall–Kier alpha value is -4.26. The summed E-state index contributed by atoms with van der Waals surface area (Å²) in [6.45, 7) is 1.43. The van der Waals surface area contributed by atoms with Gasteiger partial charge in [-0.05, 0) is 24.6 Å². The third-order valence-electron chi connectivity index (χ3n) is 7.75. The van der Waals surface area contributed by atoms with Crippen LogP contribution in [0.3, 0.4) is 0 Å². The van der Waals surface area contributed by atoms with Gasteiger partial charge in [-0.3, -0.25) is 9.59 Å². The fourth-order valence-corrected chi connectivity index (χ4v) is 6.89. The summed E-state index contributed by atoms with van der Waals surface area (Å²) < 4.78 is 53.8. The van der Waals surface area contributed by atoms with Crippen molar-refractivity contribution >= 4 is 44.2 Å². The first-order valence-corrected chi connectivity index (χ1v) is 13.9. The number of nitrogens with one attached hydrogen (secondary N) is 2. The van der Waals surface area contributed by atoms with Gasteiger partial charge in [-0.15, -0.1) is 8.78 Å². The maximum Gasteiger partial charge on any atom is 0.586 e. The van der Waals surface area contributed by atoms with Crippen LogP contribution in [0.25, 0.3) is 10.2 Å². The maximum atomic E-state index is 13.9. The number of hydrogen-bond donors (Lipinski definition) is 2. The number of hydrogen-bond acceptors (Lipinski definition) is 11. The smallest absolute Gasteiger partial charge is 0.496 e. The Morgan fingerprint density at radius 1 is 1.17 bits per heavy atom. The minimum absolute atomic E-state index is 0.0443. The molecule has 3 fully saturated rings. The van der Waals surface area contributed by atoms with Gasteiger partial charge in [0.15, 0.2) is 22.2 Å². The van der Waals surface area contributed by atoms with E-state index < -0.39 is 29.4 Å². The number of benzene rings is 2. The van der Waals surface area contributed by atoms with Crippen LogP contribution in [0.5, 0.6) is 17.2 Å². The van der Waals surface area contributed by atoms with Gasteiger partial charge in [0, 0.05) is 12.5 Å². The summed E-state index contributed by atoms with van der Waals surface area (Å²) in [5.41, 5.74) is -0.926. The number of rotatable bonds is 6. The molecule has 42 heavy (non-hydrogen) atoms. The van der Waals surface area contributed by atoms with Crippen molar-refractivity contribution < 1.29 is 42.1 Å². The zero-order valence-corrected chi connectivity index (χ0v) is 22.9. The average molecular weight is 600 g/mol. The number of carbonyl (C=O) groups is 2. The van der Waals surface area contributed by atoms with E-state index in [1.54, 1.807) is 12.1 Å². The van der Waals surface area contributed by atoms with Crippen LogP contribution in [-0.2, 0) is 9.47 Å². The van der Waals surface area contributed by atoms with E-state index >= 15 is 0 Å². The number of thiazole rings is 1. The van der Waals surface area contributed by atoms with Gasteiger partial charge in [0.1, 0.15) is 11.3 Å². The van der Waals surface area contributed by atoms with Crippen molar-refractivity contribution in [3.05, 3.63) is 35.4 Å². The van der Waals surface area contributed by atoms with Crippen molar-refractivity contribution in [3.8, 4) is 23.3 Å². The Bertz CT molecular complexity index is 1650. The number of alkyl halides is 2. The molecule has 3 atom stereocenters. The van der Waals surface area contributed by atoms with Gasteiger partial charge < -0.3 is 39.2 Å². The molecule has 1 aromatic heterocycles. The summed E-state index contributed by atoms with van der Waals surface area (Å²) in [7, 11) is 1.42. The Morgan fingerprint density at radius 3 is 2.60 bits per heavy atom. The minimum Gasteiger partial charge on any atom is -0.496 e. The summed E-state index contributed by atoms with van der Waals surface area (Å²) in [4.78, 5) is 34.2. The number of carbonyl (C=O) groups excluding carboxylic acids is 2. The SMILES string of the molecule is COc1ccc2nc(N3C4COCC3C4)sc2c1C(=O)Nc1cc2c(cc1C(=O)NC1(C#N)CCOC1)OC(F)(F)O2. The highest BCUT2D eigenvalue weighted by molar-refractivity contribution is 7.22. The highest BCUT2D eigenvalue weighted by Crippen LogP contribution is 2.45. The summed E-state index contributed by atoms with van der Waals surface area (Å²) >= 11 is 1.33. The second-order valence-corrected chi connectivity index (χ2v) is 11.4. The summed E-state index contributed by atoms with van der Waals surface area (Å²) in [5, 5.41) is 15.7. The molecule has 15 heteroatoms. The van der Waals surface area contributed by atoms with E-state index in [0.29, 0.717) is 23.4 Å². The van der Waals surface area contributed by atoms with Crippen LogP contribution in [0, 0.1) is 11.3 Å². The topological polar surface area (TPSA) is 144 Å². The lowest BCUT2D eigenvalue weighted by Crippen LogP contribution is -2.64. The zero-order valence-electron chi connectivity index (χ0n) is 22.1. The summed E-state index contributed by atoms with van der Waals surface area (Å²) in [6, 6.07) is 7.98. The van der Waals surface area contributed by atoms with Crippen LogP contribution in [0.1, 0.15) is 33.6 Å². The number of amides is 2. The second-order valence-electron chi connectivity index (χ2n) is 10.4. The lowest BCUT2D eigenvalue weighted by atomic mass is 9.92. The molecule has 2 aromatic carbocycles. The molecule has 0 radical (unpaired) electrons. The molecule has 12 nitrogen and oxygen atoms in total. The fourth-order valence-electron chi connectivity index (χ4n) is 5.64. The predicted molar refractivity (Wildman–Crippen MR) is 144 cm³/mol. The van der Waals surface area contributed by atoms with Gasteiger partial charge in [-0.2, -0.15) is 5.26 Å². The van der Waals surface area contributed by atoms with Gasteiger partial charge in [-0.25, -0.2) is 4.98 Å². The summed E-state index contributed by atoms with van der Waals surface area (Å²) in [5.74, 6) is -1.97. The lowest BCUT2D eigenvalue weighted by Gasteiger charge is -2.52. The Morgan fingerprint density at radius 2 is 1.93 bits per heavy atom. The molecule has 218 valence electrons. The van der Waals surface area contributed by atoms with Gasteiger partial charge in [0.2, 0.25) is 0 Å². The van der Waals surface area contributed by atoms with Gasteiger partial charge >= 0.3 is 6.29 Å². The number of aromatic nitrogens is 1. The molecule has 0 aliphatic carbocycles. The molecule has 4 aliphatic rings. The second kappa shape index (κ2) is 9.65. The van der Waals surface area contributed by atoms with Crippen molar-refractivity contribution in [2.45, 2.75) is 36.8 Å². The van der Waals surface area contributed by atoms with E-state index in [-0.39, 0.29) is 60.0 Å². The molecule has 2 N–H and O–H groups in total. The first-order valence-electron chi connectivity index (χ1n) is 13.1. The highest BCUT2D eigenvalue weighted by atomic mass is 32.1. The van der Waals surface area contributed by atoms with Crippen LogP contribution in [-0.4, -0.2) is 74.3 Å². The van der Waals surface area contributed by atoms with Gasteiger partial charge in [-0.1, -0.05) is 11.3 Å². The number of nitrogens with zero attached hydrogens (tertiary/aromatic N) is 3. The molecule has 7 rings (SSSR count). The molecule has 4 aliphatic heterocycles. The molecule has 3 aromatic rings. The van der Waals surface area contributed by atoms with Crippen LogP contribution in [0.15, 0.2) is 24.3 Å². The van der Waals surface area contributed by atoms with Crippen molar-refractivity contribution in [1.82, 2.24) is 10.3 Å². The number of morpholine rings is 1. The number of halogens is 2. The Kier molecular flexibility index (Phi) is 6.12. The molecule has 5 heterocycles. The van der Waals surface area contributed by atoms with Crippen molar-refractivity contribution in [3.63, 3.8) is 0 Å². The zero-order chi connectivity index (χ0) is 29.2. The largest absolute Gasteiger partial charge is 0.586 e. The molecule has 2 bridgehead atoms. The van der Waals surface area contributed by atoms with Crippen molar-refractivity contribution in [2.24, 2.45) is 0 Å². The average Bonchev–Trinajstić information content (AvgIpc) is 3.68. The van der Waals surface area contributed by atoms with E-state index in [1.807, 2.05) is 6.07 Å². The number of nitriles is 1. The predicted octanol–water partition coefficient (Wildman–Crippen LogP) is 3.27. The highest BCUT2D eigenvalue weighted by Gasteiger charge is 2.46. The fraction of sp³-hybridized carbons (Fsp3) is 0.407. The van der Waals surface area contributed by atoms with E-state index in [4.69, 9.17) is 19.2 Å². The molecule has 3 saturated heterocycles. The molecular formula is C27H23F2N5O7S. The maximum absolute atomic E-state index is 13.9. The van der Waals surface area contributed by atoms with E-state index in [9.17, 15) is 23.6 Å². The van der Waals surface area contributed by atoms with E-state index in [0.717, 1.165) is 23.7 Å². The molecule has 2 amide bonds. The molecule has 3 unspecified atom stereocenters.